The Kier molecular flexibility index (Phi) is 5.74. The van der Waals surface area contributed by atoms with Gasteiger partial charge in [-0.05, 0) is 48.0 Å². The lowest BCUT2D eigenvalue weighted by molar-refractivity contribution is 0.105. The molecule has 0 amide bonds. The fourth-order valence-electron chi connectivity index (χ4n) is 2.84. The van der Waals surface area contributed by atoms with Crippen LogP contribution in [-0.4, -0.2) is 19.7 Å². The molecule has 0 N–H and O–H groups in total. The maximum Gasteiger partial charge on any atom is 0.231 e. The van der Waals surface area contributed by atoms with Crippen molar-refractivity contribution in [2.75, 3.05) is 13.9 Å². The molecule has 0 aliphatic carbocycles. The van der Waals surface area contributed by atoms with Crippen LogP contribution in [0.1, 0.15) is 20.8 Å². The number of allylic oxidation sites excluding steroid dienone is 1. The molecule has 1 aromatic heterocycles. The minimum atomic E-state index is -0.0872. The van der Waals surface area contributed by atoms with Gasteiger partial charge in [0.05, 0.1) is 16.3 Å². The summed E-state index contributed by atoms with van der Waals surface area (Å²) in [5.74, 6) is 2.66. The van der Waals surface area contributed by atoms with Gasteiger partial charge in [-0.3, -0.25) is 4.79 Å². The van der Waals surface area contributed by atoms with E-state index in [2.05, 4.69) is 0 Å². The molecule has 148 valence electrons. The number of benzene rings is 2. The summed E-state index contributed by atoms with van der Waals surface area (Å²) in [5, 5.41) is 0. The second-order valence-electron chi connectivity index (χ2n) is 6.18. The van der Waals surface area contributed by atoms with Crippen molar-refractivity contribution in [3.05, 3.63) is 74.9 Å². The van der Waals surface area contributed by atoms with Crippen LogP contribution in [0.15, 0.2) is 54.6 Å². The third kappa shape index (κ3) is 4.55. The van der Waals surface area contributed by atoms with E-state index in [0.717, 1.165) is 11.1 Å². The number of methoxy groups -OCH3 is 1. The van der Waals surface area contributed by atoms with Crippen LogP contribution in [0.4, 0.5) is 0 Å². The number of carbonyl (C=O) groups is 1. The Bertz CT molecular complexity index is 1070. The molecule has 0 spiro atoms. The third-order valence-electron chi connectivity index (χ3n) is 4.29. The Morgan fingerprint density at radius 3 is 2.79 bits per heavy atom. The first-order valence-electron chi connectivity index (χ1n) is 8.79. The first-order valence-corrected chi connectivity index (χ1v) is 9.99. The van der Waals surface area contributed by atoms with Gasteiger partial charge in [-0.1, -0.05) is 23.7 Å². The second-order valence-corrected chi connectivity index (χ2v) is 7.89. The molecule has 0 radical (unpaired) electrons. The van der Waals surface area contributed by atoms with Gasteiger partial charge < -0.3 is 18.9 Å². The van der Waals surface area contributed by atoms with Gasteiger partial charge in [-0.2, -0.15) is 0 Å². The van der Waals surface area contributed by atoms with Gasteiger partial charge in [0.1, 0.15) is 18.1 Å². The van der Waals surface area contributed by atoms with E-state index in [9.17, 15) is 4.79 Å². The van der Waals surface area contributed by atoms with E-state index in [4.69, 9.17) is 30.5 Å². The number of ketones is 1. The molecule has 3 aromatic rings. The number of halogens is 1. The van der Waals surface area contributed by atoms with Crippen LogP contribution in [0.2, 0.25) is 4.34 Å². The van der Waals surface area contributed by atoms with Crippen LogP contribution >= 0.6 is 22.9 Å². The molecule has 2 aromatic carbocycles. The molecule has 0 saturated heterocycles. The van der Waals surface area contributed by atoms with Crippen LogP contribution in [0, 0.1) is 0 Å². The Hall–Kier alpha value is -2.96. The van der Waals surface area contributed by atoms with Crippen molar-refractivity contribution in [3.63, 3.8) is 0 Å². The maximum atomic E-state index is 12.2. The predicted octanol–water partition coefficient (Wildman–Crippen LogP) is 5.61. The molecule has 7 heteroatoms. The SMILES string of the molecule is COc1ccc(/C=C/C(=O)c2ccc(Cl)s2)cc1COc1ccc2c(c1)OCO2. The first-order chi connectivity index (χ1) is 14.1. The van der Waals surface area contributed by atoms with E-state index in [-0.39, 0.29) is 12.6 Å². The standard InChI is InChI=1S/C22H17ClO5S/c1-25-18-6-3-14(2-5-17(24)21-8-9-22(23)29-21)10-15(18)12-26-16-4-7-19-20(11-16)28-13-27-19/h2-11H,12-13H2,1H3/b5-2+. The lowest BCUT2D eigenvalue weighted by atomic mass is 10.1. The summed E-state index contributed by atoms with van der Waals surface area (Å²) < 4.78 is 22.6. The molecular weight excluding hydrogens is 412 g/mol. The van der Waals surface area contributed by atoms with Crippen molar-refractivity contribution >= 4 is 34.8 Å². The number of rotatable bonds is 7. The van der Waals surface area contributed by atoms with E-state index in [0.29, 0.717) is 38.8 Å². The van der Waals surface area contributed by atoms with E-state index in [1.165, 1.54) is 17.4 Å². The molecule has 5 nitrogen and oxygen atoms in total. The topological polar surface area (TPSA) is 54.0 Å². The van der Waals surface area contributed by atoms with Crippen molar-refractivity contribution in [1.29, 1.82) is 0 Å². The summed E-state index contributed by atoms with van der Waals surface area (Å²) in [5.41, 5.74) is 1.73. The van der Waals surface area contributed by atoms with Crippen LogP contribution in [0.3, 0.4) is 0 Å². The van der Waals surface area contributed by atoms with Crippen LogP contribution < -0.4 is 18.9 Å². The minimum Gasteiger partial charge on any atom is -0.496 e. The average molecular weight is 429 g/mol. The van der Waals surface area contributed by atoms with E-state index >= 15 is 0 Å². The highest BCUT2D eigenvalue weighted by Gasteiger charge is 2.14. The summed E-state index contributed by atoms with van der Waals surface area (Å²) >= 11 is 7.15. The van der Waals surface area contributed by atoms with Gasteiger partial charge in [0.15, 0.2) is 17.3 Å². The highest BCUT2D eigenvalue weighted by Crippen LogP contribution is 2.35. The monoisotopic (exact) mass is 428 g/mol. The zero-order chi connectivity index (χ0) is 20.2. The Balaban J connectivity index is 1.47. The molecule has 29 heavy (non-hydrogen) atoms. The van der Waals surface area contributed by atoms with Gasteiger partial charge in [0, 0.05) is 11.6 Å². The molecule has 4 rings (SSSR count). The molecule has 0 saturated carbocycles. The zero-order valence-electron chi connectivity index (χ0n) is 15.5. The summed E-state index contributed by atoms with van der Waals surface area (Å²) in [4.78, 5) is 12.8. The Labute approximate surface area is 177 Å². The van der Waals surface area contributed by atoms with Crippen LogP contribution in [-0.2, 0) is 6.61 Å². The highest BCUT2D eigenvalue weighted by atomic mass is 35.5. The molecule has 1 aliphatic rings. The van der Waals surface area contributed by atoms with Gasteiger partial charge in [-0.15, -0.1) is 11.3 Å². The van der Waals surface area contributed by atoms with Crippen LogP contribution in [0.25, 0.3) is 6.08 Å². The third-order valence-corrected chi connectivity index (χ3v) is 5.53. The lowest BCUT2D eigenvalue weighted by Gasteiger charge is -2.11. The Morgan fingerprint density at radius 1 is 1.14 bits per heavy atom. The molecule has 1 aliphatic heterocycles. The van der Waals surface area contributed by atoms with Crippen molar-refractivity contribution in [1.82, 2.24) is 0 Å². The number of hydrogen-bond donors (Lipinski definition) is 0. The molecule has 0 unspecified atom stereocenters. The number of thiophene rings is 1. The molecule has 2 heterocycles. The predicted molar refractivity (Wildman–Crippen MR) is 113 cm³/mol. The van der Waals surface area contributed by atoms with E-state index in [1.54, 1.807) is 31.4 Å². The summed E-state index contributed by atoms with van der Waals surface area (Å²) in [6.07, 6.45) is 3.30. The number of fused-ring (bicyclic) bond motifs is 1. The summed E-state index contributed by atoms with van der Waals surface area (Å²) in [7, 11) is 1.61. The normalized spacial score (nSPS) is 12.3. The maximum absolute atomic E-state index is 12.2. The smallest absolute Gasteiger partial charge is 0.231 e. The van der Waals surface area contributed by atoms with E-state index in [1.807, 2.05) is 30.3 Å². The summed E-state index contributed by atoms with van der Waals surface area (Å²) in [6, 6.07) is 14.5. The zero-order valence-corrected chi connectivity index (χ0v) is 17.1. The van der Waals surface area contributed by atoms with Gasteiger partial charge in [-0.25, -0.2) is 0 Å². The lowest BCUT2D eigenvalue weighted by Crippen LogP contribution is -1.99. The van der Waals surface area contributed by atoms with Gasteiger partial charge in [0.25, 0.3) is 0 Å². The van der Waals surface area contributed by atoms with Gasteiger partial charge >= 0.3 is 0 Å². The summed E-state index contributed by atoms with van der Waals surface area (Å²) in [6.45, 7) is 0.524. The van der Waals surface area contributed by atoms with Crippen molar-refractivity contribution in [3.8, 4) is 23.0 Å². The van der Waals surface area contributed by atoms with Crippen molar-refractivity contribution < 1.29 is 23.7 Å². The molecule has 0 fully saturated rings. The molecular formula is C22H17ClO5S. The van der Waals surface area contributed by atoms with Gasteiger partial charge in [0.2, 0.25) is 6.79 Å². The molecule has 0 atom stereocenters. The largest absolute Gasteiger partial charge is 0.496 e. The van der Waals surface area contributed by atoms with Crippen molar-refractivity contribution in [2.45, 2.75) is 6.61 Å². The average Bonchev–Trinajstić information content (AvgIpc) is 3.38. The van der Waals surface area contributed by atoms with E-state index < -0.39 is 0 Å². The molecule has 0 bridgehead atoms. The number of carbonyl (C=O) groups excluding carboxylic acids is 1. The fraction of sp³-hybridized carbons (Fsp3) is 0.136. The minimum absolute atomic E-state index is 0.0872. The highest BCUT2D eigenvalue weighted by molar-refractivity contribution is 7.18. The Morgan fingerprint density at radius 2 is 2.00 bits per heavy atom. The second kappa shape index (κ2) is 8.59. The van der Waals surface area contributed by atoms with Crippen molar-refractivity contribution in [2.24, 2.45) is 0 Å². The number of ether oxygens (including phenoxy) is 4. The first kappa shape index (κ1) is 19.4. The fourth-order valence-corrected chi connectivity index (χ4v) is 3.81. The number of hydrogen-bond acceptors (Lipinski definition) is 6. The quantitative estimate of drug-likeness (QED) is 0.361. The van der Waals surface area contributed by atoms with Crippen LogP contribution in [0.5, 0.6) is 23.0 Å².